The van der Waals surface area contributed by atoms with Gasteiger partial charge in [-0.15, -0.1) is 0 Å². The lowest BCUT2D eigenvalue weighted by atomic mass is 9.92. The van der Waals surface area contributed by atoms with Crippen molar-refractivity contribution in [3.05, 3.63) is 23.8 Å². The molecule has 0 saturated heterocycles. The number of carboxylic acids is 1. The zero-order chi connectivity index (χ0) is 15.6. The van der Waals surface area contributed by atoms with Crippen molar-refractivity contribution >= 4 is 17.7 Å². The Bertz CT molecular complexity index is 569. The molecule has 6 nitrogen and oxygen atoms in total. The molecule has 1 aromatic rings. The number of carbonyl (C=O) groups excluding carboxylic acids is 1. The maximum absolute atomic E-state index is 12.0. The topological polar surface area (TPSA) is 98.7 Å². The van der Waals surface area contributed by atoms with Gasteiger partial charge in [-0.3, -0.25) is 0 Å². The van der Waals surface area contributed by atoms with Crippen LogP contribution in [0.3, 0.4) is 0 Å². The van der Waals surface area contributed by atoms with Gasteiger partial charge in [-0.25, -0.2) is 9.59 Å². The molecule has 4 N–H and O–H groups in total. The number of phenolic OH excluding ortho intramolecular Hbond substituents is 1. The molecule has 2 rings (SSSR count). The molecule has 0 aliphatic heterocycles. The Morgan fingerprint density at radius 2 is 2.05 bits per heavy atom. The normalized spacial score (nSPS) is 20.0. The predicted molar refractivity (Wildman–Crippen MR) is 78.6 cm³/mol. The number of urea groups is 1. The Morgan fingerprint density at radius 1 is 1.33 bits per heavy atom. The van der Waals surface area contributed by atoms with Crippen molar-refractivity contribution in [3.8, 4) is 5.75 Å². The van der Waals surface area contributed by atoms with Gasteiger partial charge >= 0.3 is 12.0 Å². The van der Waals surface area contributed by atoms with Crippen LogP contribution in [0.2, 0.25) is 0 Å². The maximum Gasteiger partial charge on any atom is 0.337 e. The molecule has 0 heterocycles. The van der Waals surface area contributed by atoms with Crippen LogP contribution in [0.25, 0.3) is 0 Å². The highest BCUT2D eigenvalue weighted by molar-refractivity contribution is 6.00. The smallest absolute Gasteiger partial charge is 0.337 e. The first kappa shape index (κ1) is 15.2. The molecule has 1 aromatic carbocycles. The highest BCUT2D eigenvalue weighted by Gasteiger charge is 2.31. The van der Waals surface area contributed by atoms with E-state index in [1.54, 1.807) is 0 Å². The number of carbonyl (C=O) groups is 2. The number of carboxylic acid groups (broad SMARTS) is 1. The summed E-state index contributed by atoms with van der Waals surface area (Å²) in [6.07, 6.45) is 2.88. The molecule has 1 saturated carbocycles. The van der Waals surface area contributed by atoms with E-state index in [2.05, 4.69) is 24.5 Å². The minimum atomic E-state index is -1.21. The average Bonchev–Trinajstić information content (AvgIpc) is 2.70. The third-order valence-corrected chi connectivity index (χ3v) is 3.79. The largest absolute Gasteiger partial charge is 0.508 e. The second kappa shape index (κ2) is 5.63. The quantitative estimate of drug-likeness (QED) is 0.644. The third-order valence-electron chi connectivity index (χ3n) is 3.79. The van der Waals surface area contributed by atoms with E-state index >= 15 is 0 Å². The molecule has 0 radical (unpaired) electrons. The first-order chi connectivity index (χ1) is 9.77. The fourth-order valence-corrected chi connectivity index (χ4v) is 2.72. The summed E-state index contributed by atoms with van der Waals surface area (Å²) >= 11 is 0. The molecular weight excluding hydrogens is 272 g/mol. The predicted octanol–water partition coefficient (Wildman–Crippen LogP) is 2.79. The van der Waals surface area contributed by atoms with Gasteiger partial charge in [0.15, 0.2) is 0 Å². The summed E-state index contributed by atoms with van der Waals surface area (Å²) in [5.74, 6) is -1.36. The van der Waals surface area contributed by atoms with Crippen LogP contribution in [0.1, 0.15) is 43.5 Å². The molecule has 0 aromatic heterocycles. The third kappa shape index (κ3) is 3.87. The van der Waals surface area contributed by atoms with Gasteiger partial charge in [0.2, 0.25) is 0 Å². The van der Waals surface area contributed by atoms with E-state index in [0.29, 0.717) is 0 Å². The van der Waals surface area contributed by atoms with Gasteiger partial charge in [0, 0.05) is 6.04 Å². The second-order valence-electron chi connectivity index (χ2n) is 6.24. The van der Waals surface area contributed by atoms with Crippen LogP contribution >= 0.6 is 0 Å². The van der Waals surface area contributed by atoms with Crippen LogP contribution in [0.15, 0.2) is 18.2 Å². The minimum Gasteiger partial charge on any atom is -0.508 e. The van der Waals surface area contributed by atoms with Gasteiger partial charge in [-0.05, 0) is 42.9 Å². The molecular formula is C15H20N2O4. The van der Waals surface area contributed by atoms with E-state index in [-0.39, 0.29) is 28.5 Å². The molecule has 1 aliphatic carbocycles. The number of hydrogen-bond acceptors (Lipinski definition) is 3. The van der Waals surface area contributed by atoms with Crippen molar-refractivity contribution in [2.24, 2.45) is 5.41 Å². The van der Waals surface area contributed by atoms with E-state index in [1.165, 1.54) is 12.1 Å². The monoisotopic (exact) mass is 292 g/mol. The molecule has 1 unspecified atom stereocenters. The first-order valence-electron chi connectivity index (χ1n) is 6.91. The van der Waals surface area contributed by atoms with Gasteiger partial charge in [-0.2, -0.15) is 0 Å². The summed E-state index contributed by atoms with van der Waals surface area (Å²) < 4.78 is 0. The number of hydrogen-bond donors (Lipinski definition) is 4. The van der Waals surface area contributed by atoms with Crippen LogP contribution in [-0.2, 0) is 0 Å². The number of phenols is 1. The fourth-order valence-electron chi connectivity index (χ4n) is 2.72. The van der Waals surface area contributed by atoms with Crippen LogP contribution < -0.4 is 10.6 Å². The minimum absolute atomic E-state index is 0.102. The zero-order valence-electron chi connectivity index (χ0n) is 12.1. The molecule has 0 spiro atoms. The van der Waals surface area contributed by atoms with Gasteiger partial charge in [-0.1, -0.05) is 13.8 Å². The molecule has 1 fully saturated rings. The maximum atomic E-state index is 12.0. The van der Waals surface area contributed by atoms with Gasteiger partial charge in [0.05, 0.1) is 11.3 Å². The Hall–Kier alpha value is -2.24. The Balaban J connectivity index is 2.02. The standard InChI is InChI=1S/C15H20N2O4/c1-15(2)6-5-9(8-15)16-14(21)17-12-4-3-10(18)7-11(12)13(19)20/h3-4,7,9,18H,5-6,8H2,1-2H3,(H,19,20)(H2,16,17,21). The molecule has 114 valence electrons. The summed E-state index contributed by atoms with van der Waals surface area (Å²) in [4.78, 5) is 23.1. The lowest BCUT2D eigenvalue weighted by molar-refractivity contribution is 0.0697. The van der Waals surface area contributed by atoms with Crippen LogP contribution in [0.4, 0.5) is 10.5 Å². The summed E-state index contributed by atoms with van der Waals surface area (Å²) in [5.41, 5.74) is 0.245. The fraction of sp³-hybridized carbons (Fsp3) is 0.467. The molecule has 1 aliphatic rings. The molecule has 1 atom stereocenters. The van der Waals surface area contributed by atoms with Crippen molar-refractivity contribution in [2.45, 2.75) is 39.2 Å². The number of aromatic carboxylic acids is 1. The Morgan fingerprint density at radius 3 is 2.62 bits per heavy atom. The SMILES string of the molecule is CC1(C)CCC(NC(=O)Nc2ccc(O)cc2C(=O)O)C1. The van der Waals surface area contributed by atoms with Crippen LogP contribution in [-0.4, -0.2) is 28.3 Å². The second-order valence-corrected chi connectivity index (χ2v) is 6.24. The van der Waals surface area contributed by atoms with E-state index in [4.69, 9.17) is 5.11 Å². The number of benzene rings is 1. The highest BCUT2D eigenvalue weighted by Crippen LogP contribution is 2.36. The number of nitrogens with one attached hydrogen (secondary N) is 2. The number of anilines is 1. The van der Waals surface area contributed by atoms with Crippen LogP contribution in [0.5, 0.6) is 5.75 Å². The summed E-state index contributed by atoms with van der Waals surface area (Å²) in [5, 5.41) is 23.8. The molecule has 21 heavy (non-hydrogen) atoms. The summed E-state index contributed by atoms with van der Waals surface area (Å²) in [6, 6.07) is 3.49. The van der Waals surface area contributed by atoms with Gasteiger partial charge in [0.25, 0.3) is 0 Å². The molecule has 2 amide bonds. The highest BCUT2D eigenvalue weighted by atomic mass is 16.4. The van der Waals surface area contributed by atoms with Crippen molar-refractivity contribution in [1.82, 2.24) is 5.32 Å². The number of aromatic hydroxyl groups is 1. The zero-order valence-corrected chi connectivity index (χ0v) is 12.1. The van der Waals surface area contributed by atoms with Crippen molar-refractivity contribution in [1.29, 1.82) is 0 Å². The lowest BCUT2D eigenvalue weighted by Gasteiger charge is -2.18. The van der Waals surface area contributed by atoms with E-state index in [9.17, 15) is 14.7 Å². The van der Waals surface area contributed by atoms with Gasteiger partial charge < -0.3 is 20.8 Å². The van der Waals surface area contributed by atoms with Crippen LogP contribution in [0, 0.1) is 5.41 Å². The Labute approximate surface area is 123 Å². The van der Waals surface area contributed by atoms with E-state index in [0.717, 1.165) is 25.3 Å². The van der Waals surface area contributed by atoms with E-state index < -0.39 is 12.0 Å². The Kier molecular flexibility index (Phi) is 4.06. The number of rotatable bonds is 3. The molecule has 6 heteroatoms. The average molecular weight is 292 g/mol. The summed E-state index contributed by atoms with van der Waals surface area (Å²) in [6.45, 7) is 4.32. The van der Waals surface area contributed by atoms with Crippen molar-refractivity contribution in [3.63, 3.8) is 0 Å². The number of amides is 2. The van der Waals surface area contributed by atoms with E-state index in [1.807, 2.05) is 0 Å². The van der Waals surface area contributed by atoms with Gasteiger partial charge in [0.1, 0.15) is 5.75 Å². The molecule has 0 bridgehead atoms. The van der Waals surface area contributed by atoms with Crippen molar-refractivity contribution in [2.75, 3.05) is 5.32 Å². The summed E-state index contributed by atoms with van der Waals surface area (Å²) in [7, 11) is 0. The first-order valence-corrected chi connectivity index (χ1v) is 6.91. The van der Waals surface area contributed by atoms with Crippen molar-refractivity contribution < 1.29 is 19.8 Å². The lowest BCUT2D eigenvalue weighted by Crippen LogP contribution is -2.37.